The Kier molecular flexibility index (Phi) is 3.47. The van der Waals surface area contributed by atoms with E-state index in [2.05, 4.69) is 12.2 Å². The van der Waals surface area contributed by atoms with E-state index in [4.69, 9.17) is 0 Å². The Morgan fingerprint density at radius 2 is 2.12 bits per heavy atom. The summed E-state index contributed by atoms with van der Waals surface area (Å²) in [6.07, 6.45) is 5.12. The predicted molar refractivity (Wildman–Crippen MR) is 66.2 cm³/mol. The topological polar surface area (TPSA) is 12.0 Å². The van der Waals surface area contributed by atoms with Crippen molar-refractivity contribution in [3.05, 3.63) is 29.6 Å². The van der Waals surface area contributed by atoms with Gasteiger partial charge >= 0.3 is 0 Å². The van der Waals surface area contributed by atoms with Gasteiger partial charge in [-0.05, 0) is 49.4 Å². The number of halogens is 1. The molecule has 0 radical (unpaired) electrons. The molecule has 16 heavy (non-hydrogen) atoms. The SMILES string of the molecule is Cc1cc(F)ccc1NC1CCCC(C)C1. The van der Waals surface area contributed by atoms with E-state index in [1.807, 2.05) is 13.0 Å². The Bertz CT molecular complexity index is 362. The highest BCUT2D eigenvalue weighted by Gasteiger charge is 2.18. The Balaban J connectivity index is 2.02. The molecule has 0 amide bonds. The van der Waals surface area contributed by atoms with Crippen LogP contribution in [-0.2, 0) is 0 Å². The maximum atomic E-state index is 13.0. The quantitative estimate of drug-likeness (QED) is 0.792. The van der Waals surface area contributed by atoms with E-state index in [-0.39, 0.29) is 5.82 Å². The van der Waals surface area contributed by atoms with Crippen LogP contribution in [0.25, 0.3) is 0 Å². The molecule has 0 aliphatic heterocycles. The van der Waals surface area contributed by atoms with E-state index in [0.29, 0.717) is 6.04 Å². The number of anilines is 1. The summed E-state index contributed by atoms with van der Waals surface area (Å²) < 4.78 is 13.0. The second-order valence-corrected chi connectivity index (χ2v) is 5.07. The standard InChI is InChI=1S/C14H20FN/c1-10-4-3-5-13(8-10)16-14-7-6-12(15)9-11(14)2/h6-7,9-10,13,16H,3-5,8H2,1-2H3. The van der Waals surface area contributed by atoms with E-state index in [1.165, 1.54) is 31.7 Å². The van der Waals surface area contributed by atoms with Gasteiger partial charge in [-0.15, -0.1) is 0 Å². The molecule has 1 nitrogen and oxygen atoms in total. The molecule has 0 spiro atoms. The summed E-state index contributed by atoms with van der Waals surface area (Å²) in [4.78, 5) is 0. The molecule has 0 saturated heterocycles. The van der Waals surface area contributed by atoms with E-state index in [1.54, 1.807) is 6.07 Å². The number of rotatable bonds is 2. The number of nitrogens with one attached hydrogen (secondary N) is 1. The summed E-state index contributed by atoms with van der Waals surface area (Å²) in [5.74, 6) is 0.659. The zero-order valence-electron chi connectivity index (χ0n) is 10.1. The van der Waals surface area contributed by atoms with Gasteiger partial charge in [0.2, 0.25) is 0 Å². The normalized spacial score (nSPS) is 25.4. The molecule has 2 rings (SSSR count). The molecule has 2 atom stereocenters. The third-order valence-corrected chi connectivity index (χ3v) is 3.48. The third kappa shape index (κ3) is 2.75. The third-order valence-electron chi connectivity index (χ3n) is 3.48. The molecular weight excluding hydrogens is 201 g/mol. The van der Waals surface area contributed by atoms with Crippen molar-refractivity contribution in [1.82, 2.24) is 0 Å². The van der Waals surface area contributed by atoms with Crippen LogP contribution in [-0.4, -0.2) is 6.04 Å². The fourth-order valence-electron chi connectivity index (χ4n) is 2.57. The minimum atomic E-state index is -0.153. The van der Waals surface area contributed by atoms with Crippen LogP contribution < -0.4 is 5.32 Å². The second-order valence-electron chi connectivity index (χ2n) is 5.07. The smallest absolute Gasteiger partial charge is 0.123 e. The van der Waals surface area contributed by atoms with Crippen LogP contribution in [0.2, 0.25) is 0 Å². The molecule has 0 bridgehead atoms. The zero-order chi connectivity index (χ0) is 11.5. The molecule has 1 fully saturated rings. The van der Waals surface area contributed by atoms with Crippen molar-refractivity contribution in [3.63, 3.8) is 0 Å². The highest BCUT2D eigenvalue weighted by Crippen LogP contribution is 2.27. The van der Waals surface area contributed by atoms with E-state index in [0.717, 1.165) is 17.2 Å². The lowest BCUT2D eigenvalue weighted by atomic mass is 9.87. The molecular formula is C14H20FN. The minimum Gasteiger partial charge on any atom is -0.382 e. The fourth-order valence-corrected chi connectivity index (χ4v) is 2.57. The van der Waals surface area contributed by atoms with Gasteiger partial charge in [0.15, 0.2) is 0 Å². The van der Waals surface area contributed by atoms with Gasteiger partial charge in [0, 0.05) is 11.7 Å². The lowest BCUT2D eigenvalue weighted by Crippen LogP contribution is -2.26. The number of hydrogen-bond acceptors (Lipinski definition) is 1. The summed E-state index contributed by atoms with van der Waals surface area (Å²) in [5.41, 5.74) is 2.08. The monoisotopic (exact) mass is 221 g/mol. The average molecular weight is 221 g/mol. The van der Waals surface area contributed by atoms with Gasteiger partial charge in [0.05, 0.1) is 0 Å². The number of hydrogen-bond donors (Lipinski definition) is 1. The molecule has 1 aliphatic rings. The number of aryl methyl sites for hydroxylation is 1. The highest BCUT2D eigenvalue weighted by molar-refractivity contribution is 5.51. The fraction of sp³-hybridized carbons (Fsp3) is 0.571. The Hall–Kier alpha value is -1.05. The first kappa shape index (κ1) is 11.4. The Morgan fingerprint density at radius 3 is 2.81 bits per heavy atom. The number of benzene rings is 1. The van der Waals surface area contributed by atoms with Crippen molar-refractivity contribution in [2.75, 3.05) is 5.32 Å². The van der Waals surface area contributed by atoms with Gasteiger partial charge in [-0.2, -0.15) is 0 Å². The van der Waals surface area contributed by atoms with Gasteiger partial charge in [0.25, 0.3) is 0 Å². The van der Waals surface area contributed by atoms with Gasteiger partial charge < -0.3 is 5.32 Å². The van der Waals surface area contributed by atoms with Crippen LogP contribution in [0, 0.1) is 18.7 Å². The van der Waals surface area contributed by atoms with Crippen molar-refractivity contribution in [2.24, 2.45) is 5.92 Å². The molecule has 2 unspecified atom stereocenters. The van der Waals surface area contributed by atoms with Crippen LogP contribution in [0.15, 0.2) is 18.2 Å². The lowest BCUT2D eigenvalue weighted by Gasteiger charge is -2.28. The van der Waals surface area contributed by atoms with Gasteiger partial charge in [-0.1, -0.05) is 19.8 Å². The summed E-state index contributed by atoms with van der Waals surface area (Å²) in [7, 11) is 0. The van der Waals surface area contributed by atoms with Crippen molar-refractivity contribution in [2.45, 2.75) is 45.6 Å². The molecule has 0 heterocycles. The van der Waals surface area contributed by atoms with Crippen molar-refractivity contribution in [1.29, 1.82) is 0 Å². The average Bonchev–Trinajstić information content (AvgIpc) is 2.22. The molecule has 1 saturated carbocycles. The van der Waals surface area contributed by atoms with E-state index < -0.39 is 0 Å². The van der Waals surface area contributed by atoms with Gasteiger partial charge in [-0.25, -0.2) is 4.39 Å². The van der Waals surface area contributed by atoms with Crippen molar-refractivity contribution in [3.8, 4) is 0 Å². The second kappa shape index (κ2) is 4.86. The van der Waals surface area contributed by atoms with Crippen LogP contribution in [0.3, 0.4) is 0 Å². The van der Waals surface area contributed by atoms with E-state index >= 15 is 0 Å². The van der Waals surface area contributed by atoms with Crippen LogP contribution in [0.1, 0.15) is 38.2 Å². The Labute approximate surface area is 97.1 Å². The molecule has 1 aromatic rings. The Morgan fingerprint density at radius 1 is 1.31 bits per heavy atom. The first-order chi connectivity index (χ1) is 7.65. The summed E-state index contributed by atoms with van der Waals surface area (Å²) in [6, 6.07) is 5.54. The summed E-state index contributed by atoms with van der Waals surface area (Å²) in [5, 5.41) is 3.54. The molecule has 0 aromatic heterocycles. The molecule has 2 heteroatoms. The van der Waals surface area contributed by atoms with Gasteiger partial charge in [0.1, 0.15) is 5.82 Å². The first-order valence-electron chi connectivity index (χ1n) is 6.18. The minimum absolute atomic E-state index is 0.153. The van der Waals surface area contributed by atoms with Gasteiger partial charge in [-0.3, -0.25) is 0 Å². The van der Waals surface area contributed by atoms with Crippen LogP contribution in [0.4, 0.5) is 10.1 Å². The highest BCUT2D eigenvalue weighted by atomic mass is 19.1. The van der Waals surface area contributed by atoms with Crippen LogP contribution in [0.5, 0.6) is 0 Å². The molecule has 1 aromatic carbocycles. The first-order valence-corrected chi connectivity index (χ1v) is 6.18. The zero-order valence-corrected chi connectivity index (χ0v) is 10.1. The molecule has 88 valence electrons. The predicted octanol–water partition coefficient (Wildman–Crippen LogP) is 4.12. The molecule has 1 N–H and O–H groups in total. The lowest BCUT2D eigenvalue weighted by molar-refractivity contribution is 0.358. The van der Waals surface area contributed by atoms with Crippen molar-refractivity contribution >= 4 is 5.69 Å². The summed E-state index contributed by atoms with van der Waals surface area (Å²) in [6.45, 7) is 4.27. The van der Waals surface area contributed by atoms with Crippen LogP contribution >= 0.6 is 0 Å². The molecule has 1 aliphatic carbocycles. The maximum absolute atomic E-state index is 13.0. The van der Waals surface area contributed by atoms with E-state index in [9.17, 15) is 4.39 Å². The largest absolute Gasteiger partial charge is 0.382 e. The maximum Gasteiger partial charge on any atom is 0.123 e. The summed E-state index contributed by atoms with van der Waals surface area (Å²) >= 11 is 0. The van der Waals surface area contributed by atoms with Crippen molar-refractivity contribution < 1.29 is 4.39 Å².